The van der Waals surface area contributed by atoms with Crippen LogP contribution in [0.5, 0.6) is 11.5 Å². The first-order valence-electron chi connectivity index (χ1n) is 7.46. The number of carbonyl (C=O) groups excluding carboxylic acids is 2. The number of para-hydroxylation sites is 1. The molecule has 2 aromatic rings. The molecule has 0 unspecified atom stereocenters. The number of nitrogens with one attached hydrogen (secondary N) is 2. The molecule has 0 aromatic heterocycles. The van der Waals surface area contributed by atoms with Crippen molar-refractivity contribution in [2.75, 3.05) is 11.9 Å². The molecule has 2 rings (SSSR count). The summed E-state index contributed by atoms with van der Waals surface area (Å²) in [6.45, 7) is 2.16. The Balaban J connectivity index is 2.00. The van der Waals surface area contributed by atoms with Crippen molar-refractivity contribution in [1.82, 2.24) is 5.43 Å². The number of ether oxygens (including phenoxy) is 1. The second-order valence-corrected chi connectivity index (χ2v) is 6.18. The van der Waals surface area contributed by atoms with Crippen molar-refractivity contribution in [2.45, 2.75) is 6.92 Å². The van der Waals surface area contributed by atoms with Crippen LogP contribution in [0.1, 0.15) is 12.5 Å². The average Bonchev–Trinajstić information content (AvgIpc) is 2.61. The normalized spacial score (nSPS) is 10.6. The Bertz CT molecular complexity index is 858. The molecule has 136 valence electrons. The highest BCUT2D eigenvalue weighted by molar-refractivity contribution is 9.10. The summed E-state index contributed by atoms with van der Waals surface area (Å²) < 4.78 is 5.71. The summed E-state index contributed by atoms with van der Waals surface area (Å²) in [5.41, 5.74) is 2.98. The number of hydrogen-bond acceptors (Lipinski definition) is 5. The SMILES string of the molecule is CCOc1cc(/C=N\NC(=O)C(=O)Nc2ccccc2Cl)cc(Br)c1O. The number of phenolic OH excluding ortho intramolecular Hbond substituents is 1. The Morgan fingerprint density at radius 1 is 1.31 bits per heavy atom. The molecular weight excluding hydrogens is 426 g/mol. The molecule has 0 aliphatic rings. The molecule has 0 heterocycles. The maximum absolute atomic E-state index is 11.8. The molecule has 2 amide bonds. The molecule has 0 fully saturated rings. The molecule has 0 spiro atoms. The van der Waals surface area contributed by atoms with Crippen molar-refractivity contribution in [3.8, 4) is 11.5 Å². The lowest BCUT2D eigenvalue weighted by Gasteiger charge is -2.08. The van der Waals surface area contributed by atoms with Gasteiger partial charge in [0.2, 0.25) is 0 Å². The monoisotopic (exact) mass is 439 g/mol. The fraction of sp³-hybridized carbons (Fsp3) is 0.118. The quantitative estimate of drug-likeness (QED) is 0.377. The molecule has 9 heteroatoms. The largest absolute Gasteiger partial charge is 0.503 e. The number of halogens is 2. The summed E-state index contributed by atoms with van der Waals surface area (Å²) in [5, 5.41) is 16.3. The fourth-order valence-electron chi connectivity index (χ4n) is 1.89. The Labute approximate surface area is 163 Å². The van der Waals surface area contributed by atoms with Gasteiger partial charge in [-0.25, -0.2) is 5.43 Å². The second-order valence-electron chi connectivity index (χ2n) is 4.92. The molecule has 0 atom stereocenters. The van der Waals surface area contributed by atoms with E-state index in [4.69, 9.17) is 16.3 Å². The van der Waals surface area contributed by atoms with E-state index >= 15 is 0 Å². The third kappa shape index (κ3) is 5.21. The van der Waals surface area contributed by atoms with Gasteiger partial charge in [-0.2, -0.15) is 5.10 Å². The number of hydrogen-bond donors (Lipinski definition) is 3. The van der Waals surface area contributed by atoms with Gasteiger partial charge in [0.05, 0.1) is 28.0 Å². The summed E-state index contributed by atoms with van der Waals surface area (Å²) in [5.74, 6) is -1.63. The average molecular weight is 441 g/mol. The maximum atomic E-state index is 11.8. The summed E-state index contributed by atoms with van der Waals surface area (Å²) in [7, 11) is 0. The molecule has 0 bridgehead atoms. The standard InChI is InChI=1S/C17H15BrClN3O4/c1-2-26-14-8-10(7-11(18)15(14)23)9-20-22-17(25)16(24)21-13-6-4-3-5-12(13)19/h3-9,23H,2H2,1H3,(H,21,24)(H,22,25)/b20-9-. The van der Waals surface area contributed by atoms with E-state index in [-0.39, 0.29) is 11.5 Å². The van der Waals surface area contributed by atoms with Gasteiger partial charge < -0.3 is 15.2 Å². The van der Waals surface area contributed by atoms with Crippen molar-refractivity contribution in [1.29, 1.82) is 0 Å². The highest BCUT2D eigenvalue weighted by atomic mass is 79.9. The first-order valence-corrected chi connectivity index (χ1v) is 8.63. The molecule has 0 aliphatic carbocycles. The first kappa shape index (κ1) is 19.7. The van der Waals surface area contributed by atoms with Gasteiger partial charge in [-0.3, -0.25) is 9.59 Å². The van der Waals surface area contributed by atoms with Crippen LogP contribution in [-0.4, -0.2) is 29.7 Å². The van der Waals surface area contributed by atoms with Crippen LogP contribution in [0.15, 0.2) is 46.0 Å². The number of carbonyl (C=O) groups is 2. The number of nitrogens with zero attached hydrogens (tertiary/aromatic N) is 1. The molecule has 2 aromatic carbocycles. The van der Waals surface area contributed by atoms with Crippen LogP contribution < -0.4 is 15.5 Å². The third-order valence-electron chi connectivity index (χ3n) is 3.06. The van der Waals surface area contributed by atoms with Crippen LogP contribution in [0.2, 0.25) is 5.02 Å². The lowest BCUT2D eigenvalue weighted by atomic mass is 10.2. The number of anilines is 1. The Morgan fingerprint density at radius 3 is 2.73 bits per heavy atom. The van der Waals surface area contributed by atoms with E-state index in [9.17, 15) is 14.7 Å². The molecule has 7 nitrogen and oxygen atoms in total. The van der Waals surface area contributed by atoms with Crippen molar-refractivity contribution >= 4 is 51.2 Å². The van der Waals surface area contributed by atoms with E-state index in [0.717, 1.165) is 0 Å². The van der Waals surface area contributed by atoms with Crippen molar-refractivity contribution in [3.05, 3.63) is 51.5 Å². The minimum atomic E-state index is -0.955. The zero-order valence-electron chi connectivity index (χ0n) is 13.6. The highest BCUT2D eigenvalue weighted by Crippen LogP contribution is 2.35. The molecule has 0 saturated carbocycles. The van der Waals surface area contributed by atoms with E-state index < -0.39 is 11.8 Å². The van der Waals surface area contributed by atoms with E-state index in [2.05, 4.69) is 31.8 Å². The number of aromatic hydroxyl groups is 1. The topological polar surface area (TPSA) is 100 Å². The Hall–Kier alpha value is -2.58. The van der Waals surface area contributed by atoms with Crippen LogP contribution in [-0.2, 0) is 9.59 Å². The Kier molecular flexibility index (Phi) is 6.99. The van der Waals surface area contributed by atoms with E-state index in [1.54, 1.807) is 43.3 Å². The molecule has 0 radical (unpaired) electrons. The molecule has 26 heavy (non-hydrogen) atoms. The number of amides is 2. The molecular formula is C17H15BrClN3O4. The van der Waals surface area contributed by atoms with Crippen LogP contribution in [0.4, 0.5) is 5.69 Å². The predicted molar refractivity (Wildman–Crippen MR) is 103 cm³/mol. The van der Waals surface area contributed by atoms with Gasteiger partial charge in [0, 0.05) is 0 Å². The molecule has 0 aliphatic heterocycles. The van der Waals surface area contributed by atoms with E-state index in [0.29, 0.717) is 27.4 Å². The lowest BCUT2D eigenvalue weighted by Crippen LogP contribution is -2.32. The lowest BCUT2D eigenvalue weighted by molar-refractivity contribution is -0.136. The van der Waals surface area contributed by atoms with Crippen molar-refractivity contribution in [3.63, 3.8) is 0 Å². The van der Waals surface area contributed by atoms with Gasteiger partial charge >= 0.3 is 11.8 Å². The fourth-order valence-corrected chi connectivity index (χ4v) is 2.53. The summed E-state index contributed by atoms with van der Waals surface area (Å²) in [6.07, 6.45) is 1.31. The first-order chi connectivity index (χ1) is 12.4. The van der Waals surface area contributed by atoms with Crippen LogP contribution in [0.3, 0.4) is 0 Å². The minimum Gasteiger partial charge on any atom is -0.503 e. The van der Waals surface area contributed by atoms with E-state index in [1.807, 2.05) is 0 Å². The minimum absolute atomic E-state index is 0.0350. The number of hydrazone groups is 1. The van der Waals surface area contributed by atoms with Crippen molar-refractivity contribution in [2.24, 2.45) is 5.10 Å². The van der Waals surface area contributed by atoms with Gasteiger partial charge in [0.15, 0.2) is 11.5 Å². The second kappa shape index (κ2) is 9.21. The van der Waals surface area contributed by atoms with Gasteiger partial charge in [-0.1, -0.05) is 23.7 Å². The van der Waals surface area contributed by atoms with E-state index in [1.165, 1.54) is 6.21 Å². The van der Waals surface area contributed by atoms with Gasteiger partial charge in [0.1, 0.15) is 0 Å². The van der Waals surface area contributed by atoms with Crippen LogP contribution >= 0.6 is 27.5 Å². The van der Waals surface area contributed by atoms with Crippen molar-refractivity contribution < 1.29 is 19.4 Å². The maximum Gasteiger partial charge on any atom is 0.329 e. The number of rotatable bonds is 5. The Morgan fingerprint density at radius 2 is 2.04 bits per heavy atom. The smallest absolute Gasteiger partial charge is 0.329 e. The number of phenols is 1. The van der Waals surface area contributed by atoms with Gasteiger partial charge in [-0.15, -0.1) is 0 Å². The van der Waals surface area contributed by atoms with Crippen LogP contribution in [0, 0.1) is 0 Å². The summed E-state index contributed by atoms with van der Waals surface area (Å²) in [6, 6.07) is 9.66. The molecule has 0 saturated heterocycles. The predicted octanol–water partition coefficient (Wildman–Crippen LogP) is 3.30. The third-order valence-corrected chi connectivity index (χ3v) is 3.99. The highest BCUT2D eigenvalue weighted by Gasteiger charge is 2.14. The summed E-state index contributed by atoms with van der Waals surface area (Å²) >= 11 is 9.11. The number of benzene rings is 2. The zero-order chi connectivity index (χ0) is 19.1. The molecule has 3 N–H and O–H groups in total. The zero-order valence-corrected chi connectivity index (χ0v) is 16.0. The summed E-state index contributed by atoms with van der Waals surface area (Å²) in [4.78, 5) is 23.6. The van der Waals surface area contributed by atoms with Crippen LogP contribution in [0.25, 0.3) is 0 Å². The van der Waals surface area contributed by atoms with Gasteiger partial charge in [-0.05, 0) is 52.7 Å². The van der Waals surface area contributed by atoms with Gasteiger partial charge in [0.25, 0.3) is 0 Å².